The van der Waals surface area contributed by atoms with E-state index < -0.39 is 6.09 Å². The molecular formula is C14H12BrNO3. The molecule has 1 amide bonds. The highest BCUT2D eigenvalue weighted by atomic mass is 79.9. The van der Waals surface area contributed by atoms with Gasteiger partial charge in [0.2, 0.25) is 0 Å². The van der Waals surface area contributed by atoms with E-state index in [0.29, 0.717) is 5.69 Å². The van der Waals surface area contributed by atoms with E-state index in [1.807, 2.05) is 30.3 Å². The Labute approximate surface area is 119 Å². The molecule has 0 unspecified atom stereocenters. The van der Waals surface area contributed by atoms with Crippen LogP contribution in [0.2, 0.25) is 0 Å². The molecule has 98 valence electrons. The first-order chi connectivity index (χ1) is 9.15. The van der Waals surface area contributed by atoms with Gasteiger partial charge in [-0.05, 0) is 23.8 Å². The zero-order valence-corrected chi connectivity index (χ0v) is 11.6. The lowest BCUT2D eigenvalue weighted by atomic mass is 10.2. The molecule has 0 heterocycles. The fourth-order valence-corrected chi connectivity index (χ4v) is 1.84. The molecule has 0 aromatic heterocycles. The first kappa shape index (κ1) is 13.4. The molecule has 2 rings (SSSR count). The van der Waals surface area contributed by atoms with Gasteiger partial charge < -0.3 is 9.84 Å². The van der Waals surface area contributed by atoms with Gasteiger partial charge in [-0.25, -0.2) is 4.79 Å². The molecule has 2 aromatic rings. The Morgan fingerprint density at radius 3 is 2.68 bits per heavy atom. The van der Waals surface area contributed by atoms with Gasteiger partial charge >= 0.3 is 6.09 Å². The summed E-state index contributed by atoms with van der Waals surface area (Å²) in [5.74, 6) is -0.0140. The summed E-state index contributed by atoms with van der Waals surface area (Å²) in [5.41, 5.74) is 1.20. The van der Waals surface area contributed by atoms with Crippen LogP contribution in [0.3, 0.4) is 0 Å². The van der Waals surface area contributed by atoms with E-state index in [1.54, 1.807) is 12.1 Å². The molecule has 19 heavy (non-hydrogen) atoms. The topological polar surface area (TPSA) is 58.6 Å². The first-order valence-electron chi connectivity index (χ1n) is 5.61. The Morgan fingerprint density at radius 1 is 1.21 bits per heavy atom. The van der Waals surface area contributed by atoms with Crippen LogP contribution < -0.4 is 5.32 Å². The average molecular weight is 322 g/mol. The van der Waals surface area contributed by atoms with Crippen molar-refractivity contribution >= 4 is 27.7 Å². The molecule has 2 N–H and O–H groups in total. The number of benzene rings is 2. The number of phenolic OH excluding ortho intramolecular Hbond substituents is 1. The number of amides is 1. The van der Waals surface area contributed by atoms with Crippen molar-refractivity contribution < 1.29 is 14.6 Å². The zero-order chi connectivity index (χ0) is 13.7. The van der Waals surface area contributed by atoms with Crippen molar-refractivity contribution in [2.24, 2.45) is 0 Å². The molecule has 0 saturated carbocycles. The fraction of sp³-hybridized carbons (Fsp3) is 0.0714. The van der Waals surface area contributed by atoms with Crippen molar-refractivity contribution in [2.75, 3.05) is 5.32 Å². The highest BCUT2D eigenvalue weighted by Crippen LogP contribution is 2.26. The van der Waals surface area contributed by atoms with Gasteiger partial charge in [0.1, 0.15) is 12.4 Å². The van der Waals surface area contributed by atoms with Crippen LogP contribution in [0.4, 0.5) is 10.5 Å². The van der Waals surface area contributed by atoms with Crippen LogP contribution in [0.5, 0.6) is 5.75 Å². The van der Waals surface area contributed by atoms with Gasteiger partial charge in [0, 0.05) is 4.47 Å². The van der Waals surface area contributed by atoms with E-state index in [1.165, 1.54) is 6.07 Å². The summed E-state index contributed by atoms with van der Waals surface area (Å²) < 4.78 is 5.80. The number of hydrogen-bond donors (Lipinski definition) is 2. The average Bonchev–Trinajstić information content (AvgIpc) is 2.42. The number of anilines is 1. The molecule has 2 aromatic carbocycles. The molecule has 0 aliphatic heterocycles. The van der Waals surface area contributed by atoms with Crippen LogP contribution in [0.1, 0.15) is 5.56 Å². The van der Waals surface area contributed by atoms with Crippen LogP contribution >= 0.6 is 15.9 Å². The number of phenols is 1. The Balaban J connectivity index is 1.93. The van der Waals surface area contributed by atoms with Gasteiger partial charge in [0.25, 0.3) is 0 Å². The van der Waals surface area contributed by atoms with Crippen molar-refractivity contribution in [2.45, 2.75) is 6.61 Å². The van der Waals surface area contributed by atoms with Crippen LogP contribution in [-0.2, 0) is 11.3 Å². The van der Waals surface area contributed by atoms with Crippen molar-refractivity contribution in [3.05, 3.63) is 58.6 Å². The second kappa shape index (κ2) is 6.24. The summed E-state index contributed by atoms with van der Waals surface area (Å²) in [6.07, 6.45) is -0.614. The third-order valence-electron chi connectivity index (χ3n) is 2.41. The predicted octanol–water partition coefficient (Wildman–Crippen LogP) is 3.90. The summed E-state index contributed by atoms with van der Waals surface area (Å²) in [6.45, 7) is 0.182. The monoisotopic (exact) mass is 321 g/mol. The molecule has 0 atom stereocenters. The van der Waals surface area contributed by atoms with Gasteiger partial charge in [-0.2, -0.15) is 0 Å². The normalized spacial score (nSPS) is 9.95. The minimum atomic E-state index is -0.614. The quantitative estimate of drug-likeness (QED) is 0.843. The molecule has 0 bridgehead atoms. The van der Waals surface area contributed by atoms with Crippen molar-refractivity contribution in [3.8, 4) is 5.75 Å². The summed E-state index contributed by atoms with van der Waals surface area (Å²) in [7, 11) is 0. The number of carbonyl (C=O) groups is 1. The van der Waals surface area contributed by atoms with Gasteiger partial charge in [-0.1, -0.05) is 46.3 Å². The molecule has 4 nitrogen and oxygen atoms in total. The fourth-order valence-electron chi connectivity index (χ4n) is 1.48. The molecular weight excluding hydrogens is 310 g/mol. The van der Waals surface area contributed by atoms with E-state index in [-0.39, 0.29) is 12.4 Å². The molecule has 0 radical (unpaired) electrons. The standard InChI is InChI=1S/C14H12BrNO3/c15-11-6-7-13(17)12(8-11)16-14(18)19-9-10-4-2-1-3-5-10/h1-8,17H,9H2,(H,16,18). The lowest BCUT2D eigenvalue weighted by molar-refractivity contribution is 0.155. The summed E-state index contributed by atoms with van der Waals surface area (Å²) in [5, 5.41) is 12.1. The Morgan fingerprint density at radius 2 is 1.95 bits per heavy atom. The van der Waals surface area contributed by atoms with E-state index in [2.05, 4.69) is 21.2 Å². The maximum absolute atomic E-state index is 11.6. The zero-order valence-electron chi connectivity index (χ0n) is 9.97. The van der Waals surface area contributed by atoms with Gasteiger partial charge in [0.15, 0.2) is 0 Å². The SMILES string of the molecule is O=C(Nc1cc(Br)ccc1O)OCc1ccccc1. The molecule has 0 saturated heterocycles. The van der Waals surface area contributed by atoms with E-state index in [4.69, 9.17) is 4.74 Å². The lowest BCUT2D eigenvalue weighted by Gasteiger charge is -2.08. The second-order valence-electron chi connectivity index (χ2n) is 3.85. The molecule has 5 heteroatoms. The predicted molar refractivity (Wildman–Crippen MR) is 76.1 cm³/mol. The van der Waals surface area contributed by atoms with Gasteiger partial charge in [-0.3, -0.25) is 5.32 Å². The summed E-state index contributed by atoms with van der Waals surface area (Å²) in [6, 6.07) is 14.1. The van der Waals surface area contributed by atoms with Gasteiger partial charge in [0.05, 0.1) is 5.69 Å². The third kappa shape index (κ3) is 3.99. The molecule has 0 fully saturated rings. The van der Waals surface area contributed by atoms with Gasteiger partial charge in [-0.15, -0.1) is 0 Å². The van der Waals surface area contributed by atoms with Crippen molar-refractivity contribution in [1.82, 2.24) is 0 Å². The second-order valence-corrected chi connectivity index (χ2v) is 4.76. The van der Waals surface area contributed by atoms with Crippen LogP contribution in [0.15, 0.2) is 53.0 Å². The van der Waals surface area contributed by atoms with Crippen LogP contribution in [0.25, 0.3) is 0 Å². The number of aromatic hydroxyl groups is 1. The van der Waals surface area contributed by atoms with E-state index in [9.17, 15) is 9.90 Å². The Kier molecular flexibility index (Phi) is 4.41. The van der Waals surface area contributed by atoms with Crippen LogP contribution in [-0.4, -0.2) is 11.2 Å². The Bertz CT molecular complexity index is 572. The first-order valence-corrected chi connectivity index (χ1v) is 6.40. The number of carbonyl (C=O) groups excluding carboxylic acids is 1. The largest absolute Gasteiger partial charge is 0.506 e. The minimum absolute atomic E-state index is 0.0140. The van der Waals surface area contributed by atoms with E-state index >= 15 is 0 Å². The highest BCUT2D eigenvalue weighted by molar-refractivity contribution is 9.10. The maximum atomic E-state index is 11.6. The Hall–Kier alpha value is -2.01. The minimum Gasteiger partial charge on any atom is -0.506 e. The molecule has 0 aliphatic rings. The summed E-state index contributed by atoms with van der Waals surface area (Å²) in [4.78, 5) is 11.6. The van der Waals surface area contributed by atoms with Crippen LogP contribution in [0, 0.1) is 0 Å². The number of halogens is 1. The molecule has 0 aliphatic carbocycles. The molecule has 0 spiro atoms. The maximum Gasteiger partial charge on any atom is 0.412 e. The number of hydrogen-bond acceptors (Lipinski definition) is 3. The highest BCUT2D eigenvalue weighted by Gasteiger charge is 2.07. The number of rotatable bonds is 3. The smallest absolute Gasteiger partial charge is 0.412 e. The number of nitrogens with one attached hydrogen (secondary N) is 1. The number of ether oxygens (including phenoxy) is 1. The van der Waals surface area contributed by atoms with Crippen molar-refractivity contribution in [3.63, 3.8) is 0 Å². The third-order valence-corrected chi connectivity index (χ3v) is 2.90. The van der Waals surface area contributed by atoms with Crippen molar-refractivity contribution in [1.29, 1.82) is 0 Å². The summed E-state index contributed by atoms with van der Waals surface area (Å²) >= 11 is 3.26. The lowest BCUT2D eigenvalue weighted by Crippen LogP contribution is -2.13. The van der Waals surface area contributed by atoms with E-state index in [0.717, 1.165) is 10.0 Å².